The van der Waals surface area contributed by atoms with Gasteiger partial charge in [0.05, 0.1) is 38.9 Å². The molecule has 1 aromatic rings. The second-order valence-electron chi connectivity index (χ2n) is 11.3. The maximum Gasteiger partial charge on any atom is 0.139 e. The minimum Gasteiger partial charge on any atom is -0.497 e. The lowest BCUT2D eigenvalue weighted by Gasteiger charge is -2.52. The van der Waals surface area contributed by atoms with Crippen molar-refractivity contribution in [3.8, 4) is 11.5 Å². The molecule has 36 heavy (non-hydrogen) atoms. The first kappa shape index (κ1) is 26.4. The molecule has 4 aliphatic rings. The van der Waals surface area contributed by atoms with Gasteiger partial charge in [-0.25, -0.2) is 0 Å². The number of nitrogens with one attached hydrogen (secondary N) is 4. The number of alkyl halides is 1. The van der Waals surface area contributed by atoms with Gasteiger partial charge in [-0.3, -0.25) is 10.2 Å². The molecule has 7 atom stereocenters. The van der Waals surface area contributed by atoms with Gasteiger partial charge in [0.15, 0.2) is 0 Å². The van der Waals surface area contributed by atoms with Gasteiger partial charge >= 0.3 is 0 Å². The van der Waals surface area contributed by atoms with E-state index in [-0.39, 0.29) is 34.6 Å². The van der Waals surface area contributed by atoms with E-state index >= 15 is 0 Å². The number of piperazine rings is 1. The molecular weight excluding hydrogens is 486 g/mol. The number of nitrogens with zero attached hydrogens (tertiary/aromatic N) is 1. The largest absolute Gasteiger partial charge is 0.497 e. The molecule has 0 saturated carbocycles. The van der Waals surface area contributed by atoms with Crippen LogP contribution < -0.4 is 31.1 Å². The first-order valence-electron chi connectivity index (χ1n) is 12.8. The van der Waals surface area contributed by atoms with Crippen LogP contribution >= 0.6 is 11.6 Å². The highest BCUT2D eigenvalue weighted by atomic mass is 35.5. The van der Waals surface area contributed by atoms with Gasteiger partial charge in [-0.1, -0.05) is 32.5 Å². The van der Waals surface area contributed by atoms with Crippen LogP contribution in [0.2, 0.25) is 0 Å². The summed E-state index contributed by atoms with van der Waals surface area (Å²) in [7, 11) is 3.28. The third-order valence-corrected chi connectivity index (χ3v) is 8.64. The van der Waals surface area contributed by atoms with E-state index in [1.54, 1.807) is 14.2 Å². The second kappa shape index (κ2) is 10.5. The zero-order valence-corrected chi connectivity index (χ0v) is 22.6. The summed E-state index contributed by atoms with van der Waals surface area (Å²) in [5.74, 6) is 1.46. The van der Waals surface area contributed by atoms with Crippen molar-refractivity contribution in [1.82, 2.24) is 26.7 Å². The Hall–Kier alpha value is -1.21. The van der Waals surface area contributed by atoms with Crippen LogP contribution in [-0.4, -0.2) is 73.9 Å². The van der Waals surface area contributed by atoms with Gasteiger partial charge in [0, 0.05) is 35.8 Å². The van der Waals surface area contributed by atoms with Crippen LogP contribution in [0.25, 0.3) is 0 Å². The predicted molar refractivity (Wildman–Crippen MR) is 135 cm³/mol. The molecule has 4 N–H and O–H groups in total. The smallest absolute Gasteiger partial charge is 0.139 e. The van der Waals surface area contributed by atoms with E-state index in [0.717, 1.165) is 30.0 Å². The summed E-state index contributed by atoms with van der Waals surface area (Å²) >= 11 is 6.66. The molecule has 0 aromatic heterocycles. The van der Waals surface area contributed by atoms with Crippen molar-refractivity contribution in [3.63, 3.8) is 0 Å². The number of hydroxylamine groups is 2. The minimum absolute atomic E-state index is 0.0178. The normalized spacial score (nSPS) is 36.9. The Labute approximate surface area is 218 Å². The topological polar surface area (TPSA) is 97.5 Å². The zero-order valence-electron chi connectivity index (χ0n) is 21.8. The van der Waals surface area contributed by atoms with E-state index in [9.17, 15) is 0 Å². The highest BCUT2D eigenvalue weighted by molar-refractivity contribution is 6.20. The average molecular weight is 526 g/mol. The number of fused-ring (bicyclic) bond motifs is 3. The van der Waals surface area contributed by atoms with Gasteiger partial charge in [-0.05, 0) is 30.7 Å². The summed E-state index contributed by atoms with van der Waals surface area (Å²) < 4.78 is 17.4. The van der Waals surface area contributed by atoms with Gasteiger partial charge in [-0.15, -0.1) is 11.6 Å². The zero-order chi connectivity index (χ0) is 25.5. The molecule has 1 aromatic carbocycles. The van der Waals surface area contributed by atoms with Gasteiger partial charge in [-0.2, -0.15) is 10.0 Å². The number of hydrogen-bond donors (Lipinski definition) is 4. The number of rotatable bonds is 7. The highest BCUT2D eigenvalue weighted by Crippen LogP contribution is 2.44. The highest BCUT2D eigenvalue weighted by Gasteiger charge is 2.55. The monoisotopic (exact) mass is 525 g/mol. The van der Waals surface area contributed by atoms with E-state index in [0.29, 0.717) is 25.6 Å². The first-order valence-corrected chi connectivity index (χ1v) is 13.3. The minimum atomic E-state index is -0.402. The SMILES string of the molecule is COc1ccc(CN2ONOC3C(OC[C@H]4NC[C@H]5CC[C@@]4(C(C)(C)C)N5)NC(Cl)CC32)c(OC)c1. The average Bonchev–Trinajstić information content (AvgIpc) is 3.22. The Morgan fingerprint density at radius 3 is 2.81 bits per heavy atom. The number of ether oxygens (including phenoxy) is 3. The standard InChI is InChI=1S/C25H40ClN5O5/c1-24(2,3)25-9-8-16(29-25)12-27-20(25)14-34-23-22-18(11-21(26)28-23)31(36-30-35-22)13-15-6-7-17(32-4)10-19(15)33-5/h6-7,10,16,18,20-23,27-30H,8-9,11-14H2,1-5H3/t16-,18?,20-,21?,22?,23?,25-/m1/s1. The molecular formula is C25H40ClN5O5. The van der Waals surface area contributed by atoms with Gasteiger partial charge in [0.2, 0.25) is 0 Å². The summed E-state index contributed by atoms with van der Waals surface area (Å²) in [5.41, 5.74) is 3.37. The third kappa shape index (κ3) is 4.95. The van der Waals surface area contributed by atoms with Crippen molar-refractivity contribution in [2.45, 2.75) is 88.1 Å². The molecule has 4 unspecified atom stereocenters. The van der Waals surface area contributed by atoms with Crippen LogP contribution in [0.4, 0.5) is 0 Å². The summed E-state index contributed by atoms with van der Waals surface area (Å²) in [6.07, 6.45) is 2.22. The van der Waals surface area contributed by atoms with Crippen molar-refractivity contribution in [2.24, 2.45) is 5.41 Å². The number of piperidine rings is 1. The molecule has 11 heteroatoms. The van der Waals surface area contributed by atoms with Crippen molar-refractivity contribution in [2.75, 3.05) is 27.4 Å². The van der Waals surface area contributed by atoms with Gasteiger partial charge in [0.25, 0.3) is 0 Å². The lowest BCUT2D eigenvalue weighted by molar-refractivity contribution is -0.407. The summed E-state index contributed by atoms with van der Waals surface area (Å²) in [5, 5.41) is 12.9. The van der Waals surface area contributed by atoms with Crippen molar-refractivity contribution >= 4 is 11.6 Å². The first-order chi connectivity index (χ1) is 17.2. The molecule has 202 valence electrons. The molecule has 10 nitrogen and oxygen atoms in total. The van der Waals surface area contributed by atoms with Crippen molar-refractivity contribution < 1.29 is 24.0 Å². The summed E-state index contributed by atoms with van der Waals surface area (Å²) in [4.78, 5) is 11.6. The maximum atomic E-state index is 6.66. The lowest BCUT2D eigenvalue weighted by Crippen LogP contribution is -2.72. The molecule has 0 radical (unpaired) electrons. The van der Waals surface area contributed by atoms with E-state index < -0.39 is 6.23 Å². The Balaban J connectivity index is 1.29. The van der Waals surface area contributed by atoms with E-state index in [1.165, 1.54) is 6.42 Å². The molecule has 4 heterocycles. The molecule has 0 aliphatic carbocycles. The molecule has 0 amide bonds. The van der Waals surface area contributed by atoms with Crippen LogP contribution in [-0.2, 0) is 21.1 Å². The number of methoxy groups -OCH3 is 2. The number of halogens is 1. The number of benzene rings is 1. The predicted octanol–water partition coefficient (Wildman–Crippen LogP) is 2.03. The summed E-state index contributed by atoms with van der Waals surface area (Å²) in [6, 6.07) is 6.32. The van der Waals surface area contributed by atoms with Gasteiger partial charge in [0.1, 0.15) is 23.8 Å². The molecule has 0 spiro atoms. The Morgan fingerprint density at radius 2 is 2.06 bits per heavy atom. The van der Waals surface area contributed by atoms with Crippen LogP contribution in [0, 0.1) is 5.41 Å². The quantitative estimate of drug-likeness (QED) is 0.313. The van der Waals surface area contributed by atoms with Crippen LogP contribution in [0.1, 0.15) is 45.6 Å². The van der Waals surface area contributed by atoms with Crippen LogP contribution in [0.3, 0.4) is 0 Å². The molecule has 4 fully saturated rings. The fourth-order valence-corrected chi connectivity index (χ4v) is 6.57. The van der Waals surface area contributed by atoms with E-state index in [2.05, 4.69) is 42.4 Å². The van der Waals surface area contributed by atoms with Gasteiger partial charge < -0.3 is 24.8 Å². The van der Waals surface area contributed by atoms with E-state index in [4.69, 9.17) is 35.6 Å². The van der Waals surface area contributed by atoms with Crippen LogP contribution in [0.5, 0.6) is 11.5 Å². The Morgan fingerprint density at radius 1 is 1.22 bits per heavy atom. The Kier molecular flexibility index (Phi) is 7.71. The lowest BCUT2D eigenvalue weighted by atomic mass is 9.68. The maximum absolute atomic E-state index is 6.66. The summed E-state index contributed by atoms with van der Waals surface area (Å²) in [6.45, 7) is 8.90. The van der Waals surface area contributed by atoms with Crippen molar-refractivity contribution in [1.29, 1.82) is 0 Å². The molecule has 5 rings (SSSR count). The van der Waals surface area contributed by atoms with E-state index in [1.807, 2.05) is 23.3 Å². The fourth-order valence-electron chi connectivity index (χ4n) is 6.26. The Bertz CT molecular complexity index is 919. The molecule has 4 aliphatic heterocycles. The molecule has 4 saturated heterocycles. The number of hydrogen-bond acceptors (Lipinski definition) is 10. The third-order valence-electron chi connectivity index (χ3n) is 8.34. The fraction of sp³-hybridized carbons (Fsp3) is 0.760. The second-order valence-corrected chi connectivity index (χ2v) is 11.8. The van der Waals surface area contributed by atoms with Crippen molar-refractivity contribution in [3.05, 3.63) is 23.8 Å². The molecule has 2 bridgehead atoms. The van der Waals surface area contributed by atoms with Crippen LogP contribution in [0.15, 0.2) is 18.2 Å².